The van der Waals surface area contributed by atoms with Crippen molar-refractivity contribution in [2.45, 2.75) is 45.2 Å². The van der Waals surface area contributed by atoms with E-state index in [0.29, 0.717) is 48.6 Å². The number of aromatic nitrogens is 1. The number of benzene rings is 1. The highest BCUT2D eigenvalue weighted by Gasteiger charge is 2.34. The number of rotatable bonds is 7. The number of halogens is 1. The second kappa shape index (κ2) is 8.61. The van der Waals surface area contributed by atoms with Crippen LogP contribution in [0.4, 0.5) is 14.9 Å². The first-order valence-corrected chi connectivity index (χ1v) is 11.1. The molecule has 0 unspecified atom stereocenters. The van der Waals surface area contributed by atoms with Crippen LogP contribution in [-0.2, 0) is 0 Å². The molecule has 174 valence electrons. The highest BCUT2D eigenvalue weighted by molar-refractivity contribution is 5.92. The molecule has 1 aromatic carbocycles. The second-order valence-electron chi connectivity index (χ2n) is 8.89. The second-order valence-corrected chi connectivity index (χ2v) is 8.89. The zero-order chi connectivity index (χ0) is 23.2. The number of ether oxygens (including phenoxy) is 2. The lowest BCUT2D eigenvalue weighted by Crippen LogP contribution is -2.34. The van der Waals surface area contributed by atoms with Crippen LogP contribution in [0.1, 0.15) is 39.2 Å². The molecular formula is C23H30FN3O5. The zero-order valence-electron chi connectivity index (χ0n) is 18.9. The maximum absolute atomic E-state index is 15.5. The van der Waals surface area contributed by atoms with E-state index in [-0.39, 0.29) is 17.2 Å². The zero-order valence-corrected chi connectivity index (χ0v) is 18.9. The maximum atomic E-state index is 15.5. The summed E-state index contributed by atoms with van der Waals surface area (Å²) in [5.74, 6) is -0.156. The van der Waals surface area contributed by atoms with Crippen LogP contribution in [0.5, 0.6) is 11.5 Å². The minimum absolute atomic E-state index is 0.0674. The van der Waals surface area contributed by atoms with Crippen LogP contribution in [0.3, 0.4) is 0 Å². The highest BCUT2D eigenvalue weighted by Crippen LogP contribution is 2.45. The molecule has 1 saturated heterocycles. The summed E-state index contributed by atoms with van der Waals surface area (Å²) in [5.41, 5.74) is 0.206. The Bertz CT molecular complexity index is 1100. The molecule has 0 bridgehead atoms. The number of hydrogen-bond acceptors (Lipinski definition) is 6. The molecule has 8 nitrogen and oxygen atoms in total. The average Bonchev–Trinajstić information content (AvgIpc) is 3.46. The Morgan fingerprint density at radius 2 is 2.06 bits per heavy atom. The Morgan fingerprint density at radius 1 is 1.34 bits per heavy atom. The van der Waals surface area contributed by atoms with Gasteiger partial charge in [0.15, 0.2) is 17.3 Å². The number of pyridine rings is 1. The van der Waals surface area contributed by atoms with Crippen molar-refractivity contribution >= 4 is 22.7 Å². The van der Waals surface area contributed by atoms with Gasteiger partial charge in [0.05, 0.1) is 23.7 Å². The van der Waals surface area contributed by atoms with Crippen molar-refractivity contribution < 1.29 is 23.8 Å². The Balaban J connectivity index is 1.89. The summed E-state index contributed by atoms with van der Waals surface area (Å²) in [6, 6.07) is 1.64. The summed E-state index contributed by atoms with van der Waals surface area (Å²) in [4.78, 5) is 28.2. The first-order valence-electron chi connectivity index (χ1n) is 11.1. The molecule has 32 heavy (non-hydrogen) atoms. The summed E-state index contributed by atoms with van der Waals surface area (Å²) in [5, 5.41) is 9.09. The van der Waals surface area contributed by atoms with Crippen molar-refractivity contribution in [2.24, 2.45) is 5.92 Å². The lowest BCUT2D eigenvalue weighted by molar-refractivity contribution is 0.143. The van der Waals surface area contributed by atoms with Crippen molar-refractivity contribution in [1.82, 2.24) is 9.47 Å². The van der Waals surface area contributed by atoms with E-state index < -0.39 is 17.4 Å². The molecule has 2 atom stereocenters. The Kier molecular flexibility index (Phi) is 6.03. The SMILES string of the molecule is CCOc1c(N2CC[C@H]([C@@H](C)N(C)C)C2)c(F)cc2c(=O)c(OC(=O)O)cn(C3CC3)c12. The lowest BCUT2D eigenvalue weighted by atomic mass is 10.00. The first-order chi connectivity index (χ1) is 15.2. The van der Waals surface area contributed by atoms with Crippen LogP contribution >= 0.6 is 0 Å². The number of nitrogens with zero attached hydrogens (tertiary/aromatic N) is 3. The topological polar surface area (TPSA) is 84.2 Å². The van der Waals surface area contributed by atoms with Gasteiger partial charge in [-0.1, -0.05) is 0 Å². The number of carboxylic acid groups (broad SMARTS) is 1. The predicted molar refractivity (Wildman–Crippen MR) is 120 cm³/mol. The van der Waals surface area contributed by atoms with E-state index in [1.54, 1.807) is 0 Å². The van der Waals surface area contributed by atoms with Crippen LogP contribution in [0.15, 0.2) is 17.1 Å². The fourth-order valence-corrected chi connectivity index (χ4v) is 4.61. The van der Waals surface area contributed by atoms with Crippen LogP contribution in [0.25, 0.3) is 10.9 Å². The molecule has 0 spiro atoms. The van der Waals surface area contributed by atoms with Gasteiger partial charge in [0.25, 0.3) is 0 Å². The molecule has 2 fully saturated rings. The summed E-state index contributed by atoms with van der Waals surface area (Å²) >= 11 is 0. The van der Waals surface area contributed by atoms with E-state index in [1.165, 1.54) is 12.3 Å². The van der Waals surface area contributed by atoms with Gasteiger partial charge in [-0.25, -0.2) is 9.18 Å². The van der Waals surface area contributed by atoms with E-state index in [1.807, 2.05) is 30.5 Å². The molecule has 1 aliphatic carbocycles. The minimum Gasteiger partial charge on any atom is -0.489 e. The summed E-state index contributed by atoms with van der Waals surface area (Å²) < 4.78 is 28.0. The fourth-order valence-electron chi connectivity index (χ4n) is 4.61. The van der Waals surface area contributed by atoms with E-state index in [9.17, 15) is 9.59 Å². The average molecular weight is 448 g/mol. The van der Waals surface area contributed by atoms with E-state index >= 15 is 4.39 Å². The van der Waals surface area contributed by atoms with Crippen LogP contribution < -0.4 is 19.8 Å². The maximum Gasteiger partial charge on any atom is 0.511 e. The highest BCUT2D eigenvalue weighted by atomic mass is 19.1. The minimum atomic E-state index is -1.58. The van der Waals surface area contributed by atoms with Gasteiger partial charge in [0.1, 0.15) is 5.69 Å². The van der Waals surface area contributed by atoms with Gasteiger partial charge >= 0.3 is 6.16 Å². The molecular weight excluding hydrogens is 417 g/mol. The summed E-state index contributed by atoms with van der Waals surface area (Å²) in [6.45, 7) is 5.68. The number of hydrogen-bond donors (Lipinski definition) is 1. The normalized spacial score (nSPS) is 19.6. The quantitative estimate of drug-likeness (QED) is 0.648. The van der Waals surface area contributed by atoms with Crippen LogP contribution in [0, 0.1) is 11.7 Å². The largest absolute Gasteiger partial charge is 0.511 e. The fraction of sp³-hybridized carbons (Fsp3) is 0.565. The third-order valence-corrected chi connectivity index (χ3v) is 6.63. The number of carbonyl (C=O) groups is 1. The van der Waals surface area contributed by atoms with Gasteiger partial charge in [-0.15, -0.1) is 0 Å². The molecule has 2 aliphatic rings. The van der Waals surface area contributed by atoms with Crippen molar-refractivity contribution in [2.75, 3.05) is 38.7 Å². The Morgan fingerprint density at radius 3 is 2.66 bits per heavy atom. The van der Waals surface area contributed by atoms with Crippen molar-refractivity contribution in [3.05, 3.63) is 28.3 Å². The standard InChI is InChI=1S/C23H30FN3O5/c1-5-31-22-19-16(21(28)18(32-23(29)30)12-27(19)15-6-7-15)10-17(24)20(22)26-9-8-14(11-26)13(2)25(3)4/h10,12-15H,5-9,11H2,1-4H3,(H,29,30)/t13-,14+/m1/s1. The van der Waals surface area contributed by atoms with Crippen molar-refractivity contribution in [1.29, 1.82) is 0 Å². The molecule has 4 rings (SSSR count). The van der Waals surface area contributed by atoms with Gasteiger partial charge in [-0.3, -0.25) is 4.79 Å². The van der Waals surface area contributed by atoms with E-state index in [0.717, 1.165) is 19.3 Å². The van der Waals surface area contributed by atoms with Gasteiger partial charge in [0.2, 0.25) is 5.43 Å². The monoisotopic (exact) mass is 447 g/mol. The molecule has 1 aliphatic heterocycles. The molecule has 0 radical (unpaired) electrons. The third kappa shape index (κ3) is 4.01. The molecule has 1 aromatic heterocycles. The molecule has 9 heteroatoms. The van der Waals surface area contributed by atoms with Crippen molar-refractivity contribution in [3.8, 4) is 11.5 Å². The van der Waals surface area contributed by atoms with E-state index in [4.69, 9.17) is 14.6 Å². The van der Waals surface area contributed by atoms with E-state index in [2.05, 4.69) is 11.8 Å². The molecule has 0 amide bonds. The molecule has 1 N–H and O–H groups in total. The summed E-state index contributed by atoms with van der Waals surface area (Å²) in [7, 11) is 4.08. The van der Waals surface area contributed by atoms with Gasteiger partial charge in [-0.2, -0.15) is 0 Å². The lowest BCUT2D eigenvalue weighted by Gasteiger charge is -2.28. The Labute approximate surface area is 186 Å². The van der Waals surface area contributed by atoms with Crippen molar-refractivity contribution in [3.63, 3.8) is 0 Å². The number of fused-ring (bicyclic) bond motifs is 1. The van der Waals surface area contributed by atoms with Gasteiger partial charge in [-0.05, 0) is 59.2 Å². The molecule has 2 aromatic rings. The third-order valence-electron chi connectivity index (χ3n) is 6.63. The predicted octanol–water partition coefficient (Wildman–Crippen LogP) is 3.71. The molecule has 2 heterocycles. The van der Waals surface area contributed by atoms with Crippen LogP contribution in [-0.4, -0.2) is 60.6 Å². The smallest absolute Gasteiger partial charge is 0.489 e. The Hall–Kier alpha value is -2.81. The van der Waals surface area contributed by atoms with Crippen LogP contribution in [0.2, 0.25) is 0 Å². The number of anilines is 1. The van der Waals surface area contributed by atoms with Gasteiger partial charge in [0, 0.05) is 25.2 Å². The summed E-state index contributed by atoms with van der Waals surface area (Å²) in [6.07, 6.45) is 2.54. The molecule has 1 saturated carbocycles. The van der Waals surface area contributed by atoms with Gasteiger partial charge < -0.3 is 28.9 Å². The first kappa shape index (κ1) is 22.4.